The highest BCUT2D eigenvalue weighted by atomic mass is 32.2. The minimum atomic E-state index is -0.462. The predicted molar refractivity (Wildman–Crippen MR) is 101 cm³/mol. The Balaban J connectivity index is 1.49. The number of hydrogen-bond donors (Lipinski definition) is 1. The lowest BCUT2D eigenvalue weighted by Crippen LogP contribution is -2.11. The molecule has 6 nitrogen and oxygen atoms in total. The molecule has 3 rings (SSSR count). The predicted octanol–water partition coefficient (Wildman–Crippen LogP) is 4.85. The highest BCUT2D eigenvalue weighted by Crippen LogP contribution is 2.29. The van der Waals surface area contributed by atoms with E-state index in [-0.39, 0.29) is 17.4 Å². The fourth-order valence-electron chi connectivity index (χ4n) is 2.22. The van der Waals surface area contributed by atoms with Gasteiger partial charge >= 0.3 is 0 Å². The van der Waals surface area contributed by atoms with E-state index >= 15 is 0 Å². The van der Waals surface area contributed by atoms with Crippen LogP contribution in [-0.4, -0.2) is 21.6 Å². The molecule has 0 aliphatic heterocycles. The monoisotopic (exact) mass is 391 g/mol. The van der Waals surface area contributed by atoms with E-state index in [1.165, 1.54) is 35.6 Å². The number of thioether (sulfide) groups is 1. The summed E-state index contributed by atoms with van der Waals surface area (Å²) in [6.45, 7) is 0. The molecule has 0 atom stereocenters. The van der Waals surface area contributed by atoms with E-state index in [1.807, 2.05) is 0 Å². The van der Waals surface area contributed by atoms with Crippen molar-refractivity contribution in [1.82, 2.24) is 4.98 Å². The second kappa shape index (κ2) is 8.24. The van der Waals surface area contributed by atoms with Crippen molar-refractivity contribution < 1.29 is 14.1 Å². The van der Waals surface area contributed by atoms with Crippen molar-refractivity contribution in [2.45, 2.75) is 17.7 Å². The molecule has 0 bridgehead atoms. The van der Waals surface area contributed by atoms with Crippen molar-refractivity contribution in [3.05, 3.63) is 58.4 Å². The molecule has 0 radical (unpaired) electrons. The van der Waals surface area contributed by atoms with Gasteiger partial charge in [0, 0.05) is 23.4 Å². The maximum absolute atomic E-state index is 12.8. The quantitative estimate of drug-likeness (QED) is 0.269. The summed E-state index contributed by atoms with van der Waals surface area (Å²) in [5.41, 5.74) is 0.611. The van der Waals surface area contributed by atoms with Crippen LogP contribution in [0.3, 0.4) is 0 Å². The van der Waals surface area contributed by atoms with Crippen LogP contribution in [0.25, 0.3) is 10.2 Å². The number of rotatable bonds is 7. The van der Waals surface area contributed by atoms with Gasteiger partial charge in [-0.2, -0.15) is 0 Å². The first-order valence-electron chi connectivity index (χ1n) is 7.74. The number of benzene rings is 2. The van der Waals surface area contributed by atoms with Crippen LogP contribution in [0.4, 0.5) is 15.2 Å². The van der Waals surface area contributed by atoms with Gasteiger partial charge in [-0.25, -0.2) is 9.37 Å². The smallest absolute Gasteiger partial charge is 0.270 e. The summed E-state index contributed by atoms with van der Waals surface area (Å²) < 4.78 is 13.5. The van der Waals surface area contributed by atoms with Gasteiger partial charge in [-0.1, -0.05) is 11.3 Å². The molecule has 1 heterocycles. The Morgan fingerprint density at radius 1 is 1.27 bits per heavy atom. The van der Waals surface area contributed by atoms with Crippen molar-refractivity contribution in [1.29, 1.82) is 0 Å². The van der Waals surface area contributed by atoms with Gasteiger partial charge in [0.05, 0.1) is 15.1 Å². The first kappa shape index (κ1) is 18.3. The largest absolute Gasteiger partial charge is 0.302 e. The molecule has 0 aliphatic rings. The number of carbonyl (C=O) groups excluding carboxylic acids is 1. The summed E-state index contributed by atoms with van der Waals surface area (Å²) in [5.74, 6) is 0.318. The number of nitro benzene ring substituents is 1. The van der Waals surface area contributed by atoms with Crippen LogP contribution in [0.15, 0.2) is 47.4 Å². The summed E-state index contributed by atoms with van der Waals surface area (Å²) >= 11 is 2.77. The maximum Gasteiger partial charge on any atom is 0.270 e. The molecule has 2 aromatic carbocycles. The van der Waals surface area contributed by atoms with Crippen LogP contribution in [0.2, 0.25) is 0 Å². The van der Waals surface area contributed by atoms with E-state index in [0.29, 0.717) is 28.2 Å². The van der Waals surface area contributed by atoms with E-state index in [2.05, 4.69) is 10.3 Å². The fourth-order valence-corrected chi connectivity index (χ4v) is 3.98. The highest BCUT2D eigenvalue weighted by molar-refractivity contribution is 7.99. The van der Waals surface area contributed by atoms with E-state index < -0.39 is 4.92 Å². The minimum absolute atomic E-state index is 0.00292. The molecular weight excluding hydrogens is 377 g/mol. The second-order valence-corrected chi connectivity index (χ2v) is 7.58. The molecular formula is C17H14FN3O3S2. The van der Waals surface area contributed by atoms with Crippen molar-refractivity contribution in [3.63, 3.8) is 0 Å². The SMILES string of the molecule is O=C(CCCSc1ccc(F)cc1)Nc1nc2ccc([N+](=O)[O-])cc2s1. The molecule has 26 heavy (non-hydrogen) atoms. The lowest BCUT2D eigenvalue weighted by molar-refractivity contribution is -0.384. The van der Waals surface area contributed by atoms with E-state index in [9.17, 15) is 19.3 Å². The third kappa shape index (κ3) is 4.77. The molecule has 0 saturated heterocycles. The zero-order valence-corrected chi connectivity index (χ0v) is 15.1. The first-order valence-corrected chi connectivity index (χ1v) is 9.55. The Hall–Kier alpha value is -2.52. The van der Waals surface area contributed by atoms with Gasteiger partial charge in [0.2, 0.25) is 5.91 Å². The van der Waals surface area contributed by atoms with Crippen LogP contribution >= 0.6 is 23.1 Å². The summed E-state index contributed by atoms with van der Waals surface area (Å²) in [5, 5.41) is 13.9. The van der Waals surface area contributed by atoms with Gasteiger partial charge in [0.1, 0.15) is 5.82 Å². The Bertz CT molecular complexity index is 944. The van der Waals surface area contributed by atoms with Crippen molar-refractivity contribution in [3.8, 4) is 0 Å². The van der Waals surface area contributed by atoms with Crippen molar-refractivity contribution in [2.24, 2.45) is 0 Å². The number of hydrogen-bond acceptors (Lipinski definition) is 6. The number of aromatic nitrogens is 1. The number of fused-ring (bicyclic) bond motifs is 1. The molecule has 9 heteroatoms. The number of non-ortho nitro benzene ring substituents is 1. The highest BCUT2D eigenvalue weighted by Gasteiger charge is 2.12. The third-order valence-corrected chi connectivity index (χ3v) is 5.49. The average molecular weight is 391 g/mol. The molecule has 1 amide bonds. The zero-order valence-electron chi connectivity index (χ0n) is 13.5. The molecule has 1 N–H and O–H groups in total. The topological polar surface area (TPSA) is 85.1 Å². The van der Waals surface area contributed by atoms with Gasteiger partial charge in [0.25, 0.3) is 5.69 Å². The number of nitrogens with zero attached hydrogens (tertiary/aromatic N) is 2. The second-order valence-electron chi connectivity index (χ2n) is 5.38. The van der Waals surface area contributed by atoms with Gasteiger partial charge in [0.15, 0.2) is 5.13 Å². The minimum Gasteiger partial charge on any atom is -0.302 e. The Kier molecular flexibility index (Phi) is 5.79. The Morgan fingerprint density at radius 2 is 2.04 bits per heavy atom. The lowest BCUT2D eigenvalue weighted by Gasteiger charge is -2.02. The number of amides is 1. The molecule has 0 saturated carbocycles. The molecule has 1 aromatic heterocycles. The molecule has 0 aliphatic carbocycles. The number of anilines is 1. The van der Waals surface area contributed by atoms with Gasteiger partial charge in [-0.05, 0) is 42.5 Å². The van der Waals surface area contributed by atoms with Crippen LogP contribution in [0.1, 0.15) is 12.8 Å². The van der Waals surface area contributed by atoms with Gasteiger partial charge in [-0.3, -0.25) is 14.9 Å². The maximum atomic E-state index is 12.8. The molecule has 0 unspecified atom stereocenters. The average Bonchev–Trinajstić information content (AvgIpc) is 3.01. The normalized spacial score (nSPS) is 10.8. The third-order valence-electron chi connectivity index (χ3n) is 3.46. The fraction of sp³-hybridized carbons (Fsp3) is 0.176. The summed E-state index contributed by atoms with van der Waals surface area (Å²) in [7, 11) is 0. The number of nitro groups is 1. The molecule has 0 spiro atoms. The summed E-state index contributed by atoms with van der Waals surface area (Å²) in [6, 6.07) is 10.6. The lowest BCUT2D eigenvalue weighted by atomic mass is 10.3. The van der Waals surface area contributed by atoms with Gasteiger partial charge in [-0.15, -0.1) is 11.8 Å². The number of nitrogens with one attached hydrogen (secondary N) is 1. The molecule has 0 fully saturated rings. The summed E-state index contributed by atoms with van der Waals surface area (Å²) in [6.07, 6.45) is 1.01. The molecule has 134 valence electrons. The number of thiazole rings is 1. The first-order chi connectivity index (χ1) is 12.5. The molecule has 3 aromatic rings. The van der Waals surface area contributed by atoms with Crippen LogP contribution in [-0.2, 0) is 4.79 Å². The summed E-state index contributed by atoms with van der Waals surface area (Å²) in [4.78, 5) is 27.6. The van der Waals surface area contributed by atoms with Crippen LogP contribution in [0.5, 0.6) is 0 Å². The Labute approximate surface area is 156 Å². The Morgan fingerprint density at radius 3 is 2.77 bits per heavy atom. The van der Waals surface area contributed by atoms with Gasteiger partial charge < -0.3 is 5.32 Å². The van der Waals surface area contributed by atoms with E-state index in [1.54, 1.807) is 30.0 Å². The van der Waals surface area contributed by atoms with Crippen molar-refractivity contribution in [2.75, 3.05) is 11.1 Å². The number of halogens is 1. The van der Waals surface area contributed by atoms with E-state index in [4.69, 9.17) is 0 Å². The van der Waals surface area contributed by atoms with Crippen molar-refractivity contribution >= 4 is 50.0 Å². The number of carbonyl (C=O) groups is 1. The zero-order chi connectivity index (χ0) is 18.5. The standard InChI is InChI=1S/C17H14FN3O3S2/c18-11-3-6-13(7-4-11)25-9-1-2-16(22)20-17-19-14-8-5-12(21(23)24)10-15(14)26-17/h3-8,10H,1-2,9H2,(H,19,20,22). The van der Waals surface area contributed by atoms with E-state index in [0.717, 1.165) is 10.6 Å². The van der Waals surface area contributed by atoms with Crippen LogP contribution < -0.4 is 5.32 Å². The van der Waals surface area contributed by atoms with Crippen LogP contribution in [0, 0.1) is 15.9 Å².